The zero-order valence-electron chi connectivity index (χ0n) is 20.8. The molecule has 6 rings (SSSR count). The van der Waals surface area contributed by atoms with E-state index >= 15 is 0 Å². The number of nitrogens with zero attached hydrogens (tertiary/aromatic N) is 2. The van der Waals surface area contributed by atoms with E-state index in [2.05, 4.69) is 37.6 Å². The van der Waals surface area contributed by atoms with Gasteiger partial charge in [-0.2, -0.15) is 0 Å². The SMILES string of the molecule is CC(C)CN(C(=O)C#Cc1ccccc1)C1CC[C@H]2[C@H]3Cc4c(O)ccc5c4[C@@]2(CCN3C)[C@H]1O5. The molecule has 2 fully saturated rings. The topological polar surface area (TPSA) is 53.0 Å². The molecule has 1 saturated carbocycles. The van der Waals surface area contributed by atoms with Gasteiger partial charge in [-0.25, -0.2) is 0 Å². The Bertz CT molecular complexity index is 1210. The molecule has 35 heavy (non-hydrogen) atoms. The minimum Gasteiger partial charge on any atom is -0.508 e. The summed E-state index contributed by atoms with van der Waals surface area (Å²) in [6, 6.07) is 13.8. The summed E-state index contributed by atoms with van der Waals surface area (Å²) in [7, 11) is 2.22. The number of phenols is 1. The number of ether oxygens (including phenoxy) is 1. The molecule has 0 radical (unpaired) electrons. The van der Waals surface area contributed by atoms with Crippen LogP contribution in [-0.4, -0.2) is 59.1 Å². The Labute approximate surface area is 208 Å². The minimum atomic E-state index is -0.149. The van der Waals surface area contributed by atoms with Gasteiger partial charge in [-0.1, -0.05) is 38.0 Å². The molecule has 1 amide bonds. The van der Waals surface area contributed by atoms with E-state index in [1.807, 2.05) is 41.3 Å². The van der Waals surface area contributed by atoms with E-state index in [1.54, 1.807) is 6.07 Å². The minimum absolute atomic E-state index is 0.0317. The summed E-state index contributed by atoms with van der Waals surface area (Å²) in [5, 5.41) is 10.8. The van der Waals surface area contributed by atoms with E-state index in [1.165, 1.54) is 5.56 Å². The largest absolute Gasteiger partial charge is 0.508 e. The Morgan fingerprint density at radius 1 is 1.23 bits per heavy atom. The van der Waals surface area contributed by atoms with E-state index in [-0.39, 0.29) is 23.5 Å². The average molecular weight is 471 g/mol. The fraction of sp³-hybridized carbons (Fsp3) is 0.500. The van der Waals surface area contributed by atoms with Gasteiger partial charge in [0.05, 0.1) is 6.04 Å². The number of aromatic hydroxyl groups is 1. The summed E-state index contributed by atoms with van der Waals surface area (Å²) >= 11 is 0. The van der Waals surface area contributed by atoms with E-state index in [9.17, 15) is 9.90 Å². The van der Waals surface area contributed by atoms with Crippen molar-refractivity contribution in [3.8, 4) is 23.3 Å². The zero-order chi connectivity index (χ0) is 24.3. The number of amides is 1. The molecular weight excluding hydrogens is 436 g/mol. The molecule has 1 N–H and O–H groups in total. The van der Waals surface area contributed by atoms with Crippen LogP contribution in [0.1, 0.15) is 49.8 Å². The zero-order valence-corrected chi connectivity index (χ0v) is 20.8. The molecule has 5 heteroatoms. The number of benzene rings is 2. The molecule has 2 aliphatic heterocycles. The van der Waals surface area contributed by atoms with Crippen LogP contribution in [0.15, 0.2) is 42.5 Å². The molecule has 182 valence electrons. The van der Waals surface area contributed by atoms with Crippen LogP contribution in [0.3, 0.4) is 0 Å². The monoisotopic (exact) mass is 470 g/mol. The number of likely N-dealkylation sites (N-methyl/N-ethyl adjacent to an activating group) is 1. The smallest absolute Gasteiger partial charge is 0.299 e. The van der Waals surface area contributed by atoms with Gasteiger partial charge in [-0.05, 0) is 75.4 Å². The van der Waals surface area contributed by atoms with Crippen LogP contribution in [0.2, 0.25) is 0 Å². The number of piperidine rings is 1. The Balaban J connectivity index is 1.41. The van der Waals surface area contributed by atoms with Crippen LogP contribution in [0.4, 0.5) is 0 Å². The first kappa shape index (κ1) is 22.5. The van der Waals surface area contributed by atoms with Crippen LogP contribution in [-0.2, 0) is 16.6 Å². The van der Waals surface area contributed by atoms with Crippen molar-refractivity contribution in [2.75, 3.05) is 20.1 Å². The van der Waals surface area contributed by atoms with E-state index in [0.29, 0.717) is 30.2 Å². The highest BCUT2D eigenvalue weighted by molar-refractivity contribution is 5.94. The van der Waals surface area contributed by atoms with Gasteiger partial charge in [-0.3, -0.25) is 4.79 Å². The van der Waals surface area contributed by atoms with Crippen molar-refractivity contribution in [3.63, 3.8) is 0 Å². The Morgan fingerprint density at radius 3 is 2.80 bits per heavy atom. The van der Waals surface area contributed by atoms with Gasteiger partial charge in [0.1, 0.15) is 17.6 Å². The maximum Gasteiger partial charge on any atom is 0.299 e. The first-order valence-electron chi connectivity index (χ1n) is 13.0. The van der Waals surface area contributed by atoms with Crippen LogP contribution < -0.4 is 4.74 Å². The van der Waals surface area contributed by atoms with Gasteiger partial charge >= 0.3 is 0 Å². The lowest BCUT2D eigenvalue weighted by Crippen LogP contribution is -2.68. The molecule has 5 nitrogen and oxygen atoms in total. The Kier molecular flexibility index (Phi) is 5.34. The van der Waals surface area contributed by atoms with Crippen LogP contribution >= 0.6 is 0 Å². The molecule has 0 aromatic heterocycles. The Hall–Kier alpha value is -2.97. The van der Waals surface area contributed by atoms with Crippen molar-refractivity contribution in [2.45, 2.75) is 63.1 Å². The highest BCUT2D eigenvalue weighted by Gasteiger charge is 2.66. The van der Waals surface area contributed by atoms with Gasteiger partial charge < -0.3 is 19.6 Å². The first-order chi connectivity index (χ1) is 16.9. The predicted octanol–water partition coefficient (Wildman–Crippen LogP) is 3.97. The van der Waals surface area contributed by atoms with Crippen LogP contribution in [0.5, 0.6) is 11.5 Å². The molecule has 1 unspecified atom stereocenters. The molecule has 2 bridgehead atoms. The third kappa shape index (κ3) is 3.37. The molecule has 4 aliphatic rings. The number of carbonyl (C=O) groups excluding carboxylic acids is 1. The number of rotatable bonds is 3. The lowest BCUT2D eigenvalue weighted by atomic mass is 9.51. The highest BCUT2D eigenvalue weighted by Crippen LogP contribution is 2.63. The number of phenolic OH excluding ortho intramolecular Hbond substituents is 1. The molecule has 2 aromatic carbocycles. The van der Waals surface area contributed by atoms with E-state index < -0.39 is 0 Å². The second kappa shape index (κ2) is 8.31. The van der Waals surface area contributed by atoms with Crippen molar-refractivity contribution in [1.82, 2.24) is 9.80 Å². The molecule has 5 atom stereocenters. The predicted molar refractivity (Wildman–Crippen MR) is 135 cm³/mol. The fourth-order valence-electron chi connectivity index (χ4n) is 7.52. The number of likely N-dealkylation sites (tertiary alicyclic amines) is 1. The van der Waals surface area contributed by atoms with Gasteiger partial charge in [0.2, 0.25) is 0 Å². The fourth-order valence-corrected chi connectivity index (χ4v) is 7.52. The van der Waals surface area contributed by atoms with Crippen molar-refractivity contribution in [3.05, 3.63) is 59.2 Å². The normalized spacial score (nSPS) is 30.2. The van der Waals surface area contributed by atoms with Gasteiger partial charge in [0, 0.05) is 40.6 Å². The summed E-state index contributed by atoms with van der Waals surface area (Å²) in [5.74, 6) is 8.00. The standard InChI is InChI=1S/C30H34N2O3/c1-19(2)18-32(27(34)14-9-20-7-5-4-6-8-20)23-11-10-22-24-17-21-25(33)12-13-26-28(21)30(22,29(23)35-26)15-16-31(24)3/h4-8,12-13,19,22-24,29,33H,10-11,15-18H2,1-3H3/t22-,23?,24+,29-,30-/m0/s1. The second-order valence-electron chi connectivity index (χ2n) is 11.2. The van der Waals surface area contributed by atoms with Gasteiger partial charge in [0.25, 0.3) is 5.91 Å². The number of carbonyl (C=O) groups is 1. The highest BCUT2D eigenvalue weighted by atomic mass is 16.5. The van der Waals surface area contributed by atoms with Crippen molar-refractivity contribution >= 4 is 5.91 Å². The number of hydrogen-bond acceptors (Lipinski definition) is 4. The molecule has 2 aliphatic carbocycles. The Morgan fingerprint density at radius 2 is 2.03 bits per heavy atom. The lowest BCUT2D eigenvalue weighted by molar-refractivity contribution is -0.137. The maximum absolute atomic E-state index is 13.6. The third-order valence-electron chi connectivity index (χ3n) is 8.89. The average Bonchev–Trinajstić information content (AvgIpc) is 3.19. The van der Waals surface area contributed by atoms with Crippen LogP contribution in [0, 0.1) is 23.7 Å². The molecule has 2 heterocycles. The summed E-state index contributed by atoms with van der Waals surface area (Å²) < 4.78 is 6.79. The molecule has 1 spiro atoms. The second-order valence-corrected chi connectivity index (χ2v) is 11.2. The lowest BCUT2D eigenvalue weighted by Gasteiger charge is -2.60. The summed E-state index contributed by atoms with van der Waals surface area (Å²) in [6.07, 6.45) is 3.74. The summed E-state index contributed by atoms with van der Waals surface area (Å²) in [5.41, 5.74) is 2.99. The van der Waals surface area contributed by atoms with Crippen LogP contribution in [0.25, 0.3) is 0 Å². The molecule has 2 aromatic rings. The quantitative estimate of drug-likeness (QED) is 0.690. The third-order valence-corrected chi connectivity index (χ3v) is 8.89. The molecule has 1 saturated heterocycles. The first-order valence-corrected chi connectivity index (χ1v) is 13.0. The summed E-state index contributed by atoms with van der Waals surface area (Å²) in [4.78, 5) is 18.1. The van der Waals surface area contributed by atoms with E-state index in [4.69, 9.17) is 4.74 Å². The molecular formula is C30H34N2O3. The van der Waals surface area contributed by atoms with E-state index in [0.717, 1.165) is 49.1 Å². The van der Waals surface area contributed by atoms with Crippen molar-refractivity contribution in [1.29, 1.82) is 0 Å². The van der Waals surface area contributed by atoms with Crippen molar-refractivity contribution < 1.29 is 14.6 Å². The summed E-state index contributed by atoms with van der Waals surface area (Å²) in [6.45, 7) is 5.97. The van der Waals surface area contributed by atoms with Gasteiger partial charge in [0.15, 0.2) is 0 Å². The number of hydrogen-bond donors (Lipinski definition) is 1. The van der Waals surface area contributed by atoms with Gasteiger partial charge in [-0.15, -0.1) is 0 Å². The van der Waals surface area contributed by atoms with Crippen molar-refractivity contribution in [2.24, 2.45) is 11.8 Å². The maximum atomic E-state index is 13.6.